The molecular formula is C23H31N3O4S. The van der Waals surface area contributed by atoms with Gasteiger partial charge in [0.15, 0.2) is 5.78 Å². The SMILES string of the molecule is CCCc1c(C(=O)N2CCN(S(=O)(=O)c3cc(C)ccc3C)CC2)[nH]c(C)c1C(C)=O. The van der Waals surface area contributed by atoms with E-state index in [9.17, 15) is 18.0 Å². The number of hydrogen-bond donors (Lipinski definition) is 1. The van der Waals surface area contributed by atoms with Crippen LogP contribution in [0.3, 0.4) is 0 Å². The van der Waals surface area contributed by atoms with Crippen molar-refractivity contribution in [1.29, 1.82) is 0 Å². The first kappa shape index (κ1) is 23.2. The fourth-order valence-electron chi connectivity index (χ4n) is 4.25. The van der Waals surface area contributed by atoms with E-state index in [4.69, 9.17) is 0 Å². The Balaban J connectivity index is 1.80. The number of ketones is 1. The zero-order valence-electron chi connectivity index (χ0n) is 18.9. The van der Waals surface area contributed by atoms with Crippen LogP contribution in [-0.4, -0.2) is 60.5 Å². The molecule has 3 rings (SSSR count). The molecule has 1 aromatic carbocycles. The zero-order valence-corrected chi connectivity index (χ0v) is 19.7. The Morgan fingerprint density at radius 2 is 1.71 bits per heavy atom. The molecule has 0 aliphatic carbocycles. The van der Waals surface area contributed by atoms with Crippen molar-refractivity contribution in [2.45, 2.75) is 52.4 Å². The minimum Gasteiger partial charge on any atom is -0.354 e. The van der Waals surface area contributed by atoms with Crippen LogP contribution in [0.4, 0.5) is 0 Å². The Labute approximate surface area is 184 Å². The lowest BCUT2D eigenvalue weighted by molar-refractivity contribution is 0.0691. The molecule has 1 amide bonds. The highest BCUT2D eigenvalue weighted by Crippen LogP contribution is 2.25. The number of rotatable bonds is 6. The van der Waals surface area contributed by atoms with Crippen molar-refractivity contribution in [3.63, 3.8) is 0 Å². The number of piperazine rings is 1. The van der Waals surface area contributed by atoms with Crippen LogP contribution in [0.25, 0.3) is 0 Å². The van der Waals surface area contributed by atoms with Gasteiger partial charge in [0.1, 0.15) is 5.69 Å². The third-order valence-corrected chi connectivity index (χ3v) is 7.88. The van der Waals surface area contributed by atoms with Gasteiger partial charge in [-0.05, 0) is 56.9 Å². The molecule has 31 heavy (non-hydrogen) atoms. The average molecular weight is 446 g/mol. The number of aryl methyl sites for hydroxylation is 3. The van der Waals surface area contributed by atoms with Gasteiger partial charge in [0.2, 0.25) is 10.0 Å². The third kappa shape index (κ3) is 4.45. The maximum atomic E-state index is 13.2. The molecule has 0 atom stereocenters. The second kappa shape index (κ2) is 8.96. The highest BCUT2D eigenvalue weighted by molar-refractivity contribution is 7.89. The molecule has 168 valence electrons. The monoisotopic (exact) mass is 445 g/mol. The number of benzene rings is 1. The van der Waals surface area contributed by atoms with E-state index in [0.29, 0.717) is 46.9 Å². The fraction of sp³-hybridized carbons (Fsp3) is 0.478. The molecule has 1 fully saturated rings. The maximum Gasteiger partial charge on any atom is 0.270 e. The van der Waals surface area contributed by atoms with E-state index >= 15 is 0 Å². The molecular weight excluding hydrogens is 414 g/mol. The quantitative estimate of drug-likeness (QED) is 0.691. The van der Waals surface area contributed by atoms with Gasteiger partial charge in [-0.2, -0.15) is 4.31 Å². The number of amides is 1. The zero-order chi connectivity index (χ0) is 22.9. The molecule has 0 saturated carbocycles. The number of sulfonamides is 1. The van der Waals surface area contributed by atoms with E-state index in [1.54, 1.807) is 24.8 Å². The predicted molar refractivity (Wildman–Crippen MR) is 120 cm³/mol. The molecule has 8 heteroatoms. The first-order valence-electron chi connectivity index (χ1n) is 10.7. The first-order valence-corrected chi connectivity index (χ1v) is 12.1. The van der Waals surface area contributed by atoms with Crippen LogP contribution < -0.4 is 0 Å². The molecule has 1 aromatic heterocycles. The lowest BCUT2D eigenvalue weighted by atomic mass is 10.0. The van der Waals surface area contributed by atoms with Crippen molar-refractivity contribution in [2.24, 2.45) is 0 Å². The Hall–Kier alpha value is -2.45. The highest BCUT2D eigenvalue weighted by atomic mass is 32.2. The molecule has 1 aliphatic rings. The van der Waals surface area contributed by atoms with Crippen LogP contribution in [0.2, 0.25) is 0 Å². The summed E-state index contributed by atoms with van der Waals surface area (Å²) >= 11 is 0. The van der Waals surface area contributed by atoms with Gasteiger partial charge in [-0.3, -0.25) is 9.59 Å². The lowest BCUT2D eigenvalue weighted by Crippen LogP contribution is -2.50. The molecule has 0 unspecified atom stereocenters. The Morgan fingerprint density at radius 3 is 2.29 bits per heavy atom. The van der Waals surface area contributed by atoms with Crippen LogP contribution in [0.15, 0.2) is 23.1 Å². The Morgan fingerprint density at radius 1 is 1.06 bits per heavy atom. The smallest absolute Gasteiger partial charge is 0.270 e. The summed E-state index contributed by atoms with van der Waals surface area (Å²) in [4.78, 5) is 30.4. The average Bonchev–Trinajstić information content (AvgIpc) is 3.05. The number of H-pyrrole nitrogens is 1. The van der Waals surface area contributed by atoms with Gasteiger partial charge in [0.25, 0.3) is 5.91 Å². The summed E-state index contributed by atoms with van der Waals surface area (Å²) in [7, 11) is -3.62. The Bertz CT molecular complexity index is 1110. The van der Waals surface area contributed by atoms with Gasteiger partial charge in [-0.25, -0.2) is 8.42 Å². The van der Waals surface area contributed by atoms with Crippen molar-refractivity contribution in [2.75, 3.05) is 26.2 Å². The summed E-state index contributed by atoms with van der Waals surface area (Å²) in [5.74, 6) is -0.233. The van der Waals surface area contributed by atoms with Gasteiger partial charge in [-0.1, -0.05) is 25.5 Å². The van der Waals surface area contributed by atoms with Crippen LogP contribution in [-0.2, 0) is 16.4 Å². The van der Waals surface area contributed by atoms with Crippen LogP contribution in [0, 0.1) is 20.8 Å². The van der Waals surface area contributed by atoms with Gasteiger partial charge < -0.3 is 9.88 Å². The van der Waals surface area contributed by atoms with Gasteiger partial charge in [0.05, 0.1) is 4.90 Å². The third-order valence-electron chi connectivity index (χ3n) is 5.84. The van der Waals surface area contributed by atoms with Crippen molar-refractivity contribution >= 4 is 21.7 Å². The Kier molecular flexibility index (Phi) is 6.71. The molecule has 1 saturated heterocycles. The summed E-state index contributed by atoms with van der Waals surface area (Å²) in [6.45, 7) is 10.1. The summed E-state index contributed by atoms with van der Waals surface area (Å²) in [5, 5.41) is 0. The van der Waals surface area contributed by atoms with Crippen LogP contribution in [0.1, 0.15) is 63.5 Å². The summed E-state index contributed by atoms with van der Waals surface area (Å²) in [5.41, 5.74) is 4.13. The largest absolute Gasteiger partial charge is 0.354 e. The minimum atomic E-state index is -3.62. The number of aromatic nitrogens is 1. The van der Waals surface area contributed by atoms with Crippen molar-refractivity contribution < 1.29 is 18.0 Å². The molecule has 7 nitrogen and oxygen atoms in total. The molecule has 2 aromatic rings. The normalized spacial score (nSPS) is 15.3. The second-order valence-electron chi connectivity index (χ2n) is 8.25. The number of aromatic amines is 1. The number of carbonyl (C=O) groups excluding carboxylic acids is 2. The number of carbonyl (C=O) groups is 2. The number of nitrogens with zero attached hydrogens (tertiary/aromatic N) is 2. The van der Waals surface area contributed by atoms with Gasteiger partial charge in [0, 0.05) is 37.4 Å². The van der Waals surface area contributed by atoms with E-state index < -0.39 is 10.0 Å². The fourth-order valence-corrected chi connectivity index (χ4v) is 5.98. The van der Waals surface area contributed by atoms with Crippen molar-refractivity contribution in [1.82, 2.24) is 14.2 Å². The van der Waals surface area contributed by atoms with Gasteiger partial charge in [-0.15, -0.1) is 0 Å². The van der Waals surface area contributed by atoms with E-state index in [2.05, 4.69) is 4.98 Å². The van der Waals surface area contributed by atoms with E-state index in [-0.39, 0.29) is 24.8 Å². The standard InChI is InChI=1S/C23H31N3O4S/c1-6-7-19-21(18(5)27)17(4)24-22(19)23(28)25-10-12-26(13-11-25)31(29,30)20-14-15(2)8-9-16(20)3/h8-9,14,24H,6-7,10-13H2,1-5H3. The van der Waals surface area contributed by atoms with E-state index in [0.717, 1.165) is 17.5 Å². The topological polar surface area (TPSA) is 90.6 Å². The number of nitrogens with one attached hydrogen (secondary N) is 1. The second-order valence-corrected chi connectivity index (χ2v) is 10.2. The minimum absolute atomic E-state index is 0.0549. The molecule has 2 heterocycles. The number of Topliss-reactive ketones (excluding diaryl/α,β-unsaturated/α-hetero) is 1. The van der Waals surface area contributed by atoms with Gasteiger partial charge >= 0.3 is 0 Å². The molecule has 0 radical (unpaired) electrons. The highest BCUT2D eigenvalue weighted by Gasteiger charge is 2.33. The van der Waals surface area contributed by atoms with E-state index in [1.807, 2.05) is 26.0 Å². The van der Waals surface area contributed by atoms with Crippen molar-refractivity contribution in [3.8, 4) is 0 Å². The molecule has 1 aliphatic heterocycles. The summed E-state index contributed by atoms with van der Waals surface area (Å²) in [6, 6.07) is 5.41. The van der Waals surface area contributed by atoms with Crippen molar-refractivity contribution in [3.05, 3.63) is 51.8 Å². The molecule has 0 spiro atoms. The molecule has 0 bridgehead atoms. The summed E-state index contributed by atoms with van der Waals surface area (Å²) < 4.78 is 27.7. The van der Waals surface area contributed by atoms with Crippen LogP contribution in [0.5, 0.6) is 0 Å². The lowest BCUT2D eigenvalue weighted by Gasteiger charge is -2.34. The predicted octanol–water partition coefficient (Wildman–Crippen LogP) is 3.24. The number of hydrogen-bond acceptors (Lipinski definition) is 4. The maximum absolute atomic E-state index is 13.2. The van der Waals surface area contributed by atoms with E-state index in [1.165, 1.54) is 11.2 Å². The first-order chi connectivity index (χ1) is 14.6. The molecule has 1 N–H and O–H groups in total. The van der Waals surface area contributed by atoms with Crippen LogP contribution >= 0.6 is 0 Å². The summed E-state index contributed by atoms with van der Waals surface area (Å²) in [6.07, 6.45) is 1.46.